The summed E-state index contributed by atoms with van der Waals surface area (Å²) in [5.74, 6) is 2.22. The van der Waals surface area contributed by atoms with Crippen LogP contribution in [0.1, 0.15) is 72.1 Å². The van der Waals surface area contributed by atoms with Crippen molar-refractivity contribution in [2.45, 2.75) is 83.7 Å². The molecule has 24 heavy (non-hydrogen) atoms. The Bertz CT molecular complexity index is 527. The zero-order chi connectivity index (χ0) is 17.0. The van der Waals surface area contributed by atoms with Gasteiger partial charge < -0.3 is 15.5 Å². The van der Waals surface area contributed by atoms with E-state index in [0.29, 0.717) is 12.0 Å². The highest BCUT2D eigenvalue weighted by Gasteiger charge is 2.20. The summed E-state index contributed by atoms with van der Waals surface area (Å²) in [7, 11) is 0. The van der Waals surface area contributed by atoms with Gasteiger partial charge in [-0.1, -0.05) is 19.3 Å². The van der Waals surface area contributed by atoms with Gasteiger partial charge in [0.05, 0.1) is 0 Å². The van der Waals surface area contributed by atoms with E-state index in [2.05, 4.69) is 46.3 Å². The van der Waals surface area contributed by atoms with E-state index in [0.717, 1.165) is 25.0 Å². The predicted octanol–water partition coefficient (Wildman–Crippen LogP) is 3.82. The second-order valence-corrected chi connectivity index (χ2v) is 8.18. The van der Waals surface area contributed by atoms with E-state index >= 15 is 0 Å². The number of hydrogen-bond acceptors (Lipinski definition) is 6. The SMILES string of the molecule is CC(C)(C)Nc1nc(NC2CCCCC2)nc(N2CCCCC2)n1. The molecule has 1 aromatic heterocycles. The Morgan fingerprint density at radius 3 is 2.12 bits per heavy atom. The molecular weight excluding hydrogens is 300 g/mol. The Kier molecular flexibility index (Phi) is 5.41. The van der Waals surface area contributed by atoms with Crippen molar-refractivity contribution in [1.82, 2.24) is 15.0 Å². The Morgan fingerprint density at radius 2 is 1.46 bits per heavy atom. The van der Waals surface area contributed by atoms with Crippen LogP contribution in [-0.4, -0.2) is 39.6 Å². The van der Waals surface area contributed by atoms with Gasteiger partial charge in [0.1, 0.15) is 0 Å². The lowest BCUT2D eigenvalue weighted by Gasteiger charge is -2.29. The topological polar surface area (TPSA) is 66.0 Å². The quantitative estimate of drug-likeness (QED) is 0.874. The average Bonchev–Trinajstić information content (AvgIpc) is 2.55. The summed E-state index contributed by atoms with van der Waals surface area (Å²) < 4.78 is 0. The summed E-state index contributed by atoms with van der Waals surface area (Å²) in [5, 5.41) is 6.97. The van der Waals surface area contributed by atoms with E-state index < -0.39 is 0 Å². The monoisotopic (exact) mass is 332 g/mol. The van der Waals surface area contributed by atoms with Gasteiger partial charge in [-0.3, -0.25) is 0 Å². The van der Waals surface area contributed by atoms with E-state index in [-0.39, 0.29) is 5.54 Å². The first kappa shape index (κ1) is 17.2. The number of rotatable bonds is 4. The summed E-state index contributed by atoms with van der Waals surface area (Å²) in [4.78, 5) is 16.4. The van der Waals surface area contributed by atoms with Crippen LogP contribution in [0.25, 0.3) is 0 Å². The largest absolute Gasteiger partial charge is 0.351 e. The van der Waals surface area contributed by atoms with Crippen molar-refractivity contribution in [1.29, 1.82) is 0 Å². The molecule has 134 valence electrons. The van der Waals surface area contributed by atoms with Crippen molar-refractivity contribution in [3.05, 3.63) is 0 Å². The van der Waals surface area contributed by atoms with Crippen LogP contribution >= 0.6 is 0 Å². The molecule has 2 N–H and O–H groups in total. The number of anilines is 3. The Balaban J connectivity index is 1.80. The molecule has 6 nitrogen and oxygen atoms in total. The minimum atomic E-state index is -0.0668. The first-order valence-corrected chi connectivity index (χ1v) is 9.55. The van der Waals surface area contributed by atoms with Crippen molar-refractivity contribution >= 4 is 17.8 Å². The van der Waals surface area contributed by atoms with E-state index in [4.69, 9.17) is 4.98 Å². The van der Waals surface area contributed by atoms with Gasteiger partial charge in [-0.15, -0.1) is 0 Å². The molecule has 6 heteroatoms. The highest BCUT2D eigenvalue weighted by molar-refractivity contribution is 5.45. The molecule has 0 amide bonds. The lowest BCUT2D eigenvalue weighted by molar-refractivity contribution is 0.460. The van der Waals surface area contributed by atoms with Crippen LogP contribution in [-0.2, 0) is 0 Å². The third-order valence-electron chi connectivity index (χ3n) is 4.69. The molecule has 0 unspecified atom stereocenters. The predicted molar refractivity (Wildman–Crippen MR) is 99.8 cm³/mol. The number of piperidine rings is 1. The molecule has 1 aromatic rings. The normalized spacial score (nSPS) is 20.0. The third-order valence-corrected chi connectivity index (χ3v) is 4.69. The fraction of sp³-hybridized carbons (Fsp3) is 0.833. The van der Waals surface area contributed by atoms with Crippen molar-refractivity contribution in [2.24, 2.45) is 0 Å². The van der Waals surface area contributed by atoms with Crippen LogP contribution < -0.4 is 15.5 Å². The summed E-state index contributed by atoms with van der Waals surface area (Å²) in [6.07, 6.45) is 10.1. The van der Waals surface area contributed by atoms with Crippen molar-refractivity contribution < 1.29 is 0 Å². The van der Waals surface area contributed by atoms with Crippen LogP contribution in [0.5, 0.6) is 0 Å². The Hall–Kier alpha value is -1.59. The number of nitrogens with zero attached hydrogens (tertiary/aromatic N) is 4. The van der Waals surface area contributed by atoms with Crippen molar-refractivity contribution in [3.8, 4) is 0 Å². The maximum absolute atomic E-state index is 4.73. The maximum Gasteiger partial charge on any atom is 0.231 e. The molecule has 3 rings (SSSR count). The van der Waals surface area contributed by atoms with Gasteiger partial charge in [0.15, 0.2) is 0 Å². The molecule has 2 fully saturated rings. The van der Waals surface area contributed by atoms with E-state index in [1.54, 1.807) is 0 Å². The standard InChI is InChI=1S/C18H32N6/c1-18(2,3)23-16-20-15(19-14-10-6-4-7-11-14)21-17(22-16)24-12-8-5-9-13-24/h14H,4-13H2,1-3H3,(H2,19,20,21,22,23). The molecular formula is C18H32N6. The average molecular weight is 332 g/mol. The Morgan fingerprint density at radius 1 is 0.833 bits per heavy atom. The third kappa shape index (κ3) is 4.95. The first-order valence-electron chi connectivity index (χ1n) is 9.55. The molecule has 2 heterocycles. The van der Waals surface area contributed by atoms with Gasteiger partial charge in [0.2, 0.25) is 17.8 Å². The second kappa shape index (κ2) is 7.53. The number of hydrogen-bond donors (Lipinski definition) is 2. The minimum absolute atomic E-state index is 0.0668. The van der Waals surface area contributed by atoms with Crippen molar-refractivity contribution in [2.75, 3.05) is 28.6 Å². The van der Waals surface area contributed by atoms with Gasteiger partial charge >= 0.3 is 0 Å². The number of aromatic nitrogens is 3. The lowest BCUT2D eigenvalue weighted by Crippen LogP contribution is -2.33. The van der Waals surface area contributed by atoms with Gasteiger partial charge in [0.25, 0.3) is 0 Å². The van der Waals surface area contributed by atoms with Crippen LogP contribution in [0, 0.1) is 0 Å². The molecule has 1 saturated carbocycles. The summed E-state index contributed by atoms with van der Waals surface area (Å²) in [6, 6.07) is 0.498. The zero-order valence-electron chi connectivity index (χ0n) is 15.4. The van der Waals surface area contributed by atoms with Crippen LogP contribution in [0.2, 0.25) is 0 Å². The van der Waals surface area contributed by atoms with E-state index in [1.165, 1.54) is 51.4 Å². The molecule has 1 aliphatic heterocycles. The molecule has 0 bridgehead atoms. The van der Waals surface area contributed by atoms with Crippen LogP contribution in [0.3, 0.4) is 0 Å². The van der Waals surface area contributed by atoms with Gasteiger partial charge in [-0.05, 0) is 52.9 Å². The maximum atomic E-state index is 4.73. The van der Waals surface area contributed by atoms with Crippen LogP contribution in [0.4, 0.5) is 17.8 Å². The van der Waals surface area contributed by atoms with Gasteiger partial charge in [-0.2, -0.15) is 15.0 Å². The van der Waals surface area contributed by atoms with Gasteiger partial charge in [-0.25, -0.2) is 0 Å². The molecule has 2 aliphatic rings. The Labute approximate surface area is 145 Å². The highest BCUT2D eigenvalue weighted by atomic mass is 15.3. The lowest BCUT2D eigenvalue weighted by atomic mass is 9.96. The highest BCUT2D eigenvalue weighted by Crippen LogP contribution is 2.23. The molecule has 1 saturated heterocycles. The van der Waals surface area contributed by atoms with Crippen LogP contribution in [0.15, 0.2) is 0 Å². The molecule has 0 spiro atoms. The molecule has 0 atom stereocenters. The molecule has 0 aromatic carbocycles. The fourth-order valence-corrected chi connectivity index (χ4v) is 3.49. The summed E-state index contributed by atoms with van der Waals surface area (Å²) in [5.41, 5.74) is -0.0668. The summed E-state index contributed by atoms with van der Waals surface area (Å²) in [6.45, 7) is 8.48. The van der Waals surface area contributed by atoms with E-state index in [1.807, 2.05) is 0 Å². The number of nitrogens with one attached hydrogen (secondary N) is 2. The smallest absolute Gasteiger partial charge is 0.231 e. The van der Waals surface area contributed by atoms with Crippen molar-refractivity contribution in [3.63, 3.8) is 0 Å². The molecule has 1 aliphatic carbocycles. The minimum Gasteiger partial charge on any atom is -0.351 e. The van der Waals surface area contributed by atoms with Gasteiger partial charge in [0, 0.05) is 24.7 Å². The molecule has 0 radical (unpaired) electrons. The fourth-order valence-electron chi connectivity index (χ4n) is 3.49. The van der Waals surface area contributed by atoms with E-state index in [9.17, 15) is 0 Å². The second-order valence-electron chi connectivity index (χ2n) is 8.18. The zero-order valence-corrected chi connectivity index (χ0v) is 15.4. The summed E-state index contributed by atoms with van der Waals surface area (Å²) >= 11 is 0. The first-order chi connectivity index (χ1) is 11.5.